The number of likely N-dealkylation sites (tertiary alicyclic amines) is 1. The number of likely N-dealkylation sites (N-methyl/N-ethyl adjacent to an activating group) is 1. The minimum absolute atomic E-state index is 0.0596. The first-order chi connectivity index (χ1) is 14.7. The summed E-state index contributed by atoms with van der Waals surface area (Å²) >= 11 is 6.24. The van der Waals surface area contributed by atoms with Gasteiger partial charge in [0.1, 0.15) is 17.3 Å². The molecule has 8 heteroatoms. The maximum Gasteiger partial charge on any atom is 0.295 e. The van der Waals surface area contributed by atoms with Crippen LogP contribution in [0.3, 0.4) is 0 Å². The van der Waals surface area contributed by atoms with Gasteiger partial charge >= 0.3 is 0 Å². The van der Waals surface area contributed by atoms with E-state index in [0.717, 1.165) is 0 Å². The van der Waals surface area contributed by atoms with Crippen molar-refractivity contribution >= 4 is 29.1 Å². The fourth-order valence-electron chi connectivity index (χ4n) is 3.49. The normalized spacial score (nSPS) is 18.1. The van der Waals surface area contributed by atoms with Crippen LogP contribution in [-0.2, 0) is 9.59 Å². The Balaban J connectivity index is 2.12. The third kappa shape index (κ3) is 4.73. The summed E-state index contributed by atoms with van der Waals surface area (Å²) in [5.74, 6) is -1.84. The number of carbonyl (C=O) groups is 2. The summed E-state index contributed by atoms with van der Waals surface area (Å²) < 4.78 is 18.9. The summed E-state index contributed by atoms with van der Waals surface area (Å²) in [6.45, 7) is 3.02. The molecule has 1 amide bonds. The van der Waals surface area contributed by atoms with Crippen molar-refractivity contribution in [3.63, 3.8) is 0 Å². The van der Waals surface area contributed by atoms with Crippen LogP contribution in [0.2, 0.25) is 5.02 Å². The summed E-state index contributed by atoms with van der Waals surface area (Å²) in [6, 6.07) is 9.34. The maximum atomic E-state index is 13.5. The van der Waals surface area contributed by atoms with Crippen molar-refractivity contribution in [2.24, 2.45) is 0 Å². The van der Waals surface area contributed by atoms with Gasteiger partial charge in [-0.05, 0) is 56.9 Å². The number of benzene rings is 2. The van der Waals surface area contributed by atoms with Crippen LogP contribution < -0.4 is 4.74 Å². The van der Waals surface area contributed by atoms with Crippen LogP contribution in [0, 0.1) is 5.82 Å². The molecule has 0 spiro atoms. The molecule has 0 bridgehead atoms. The van der Waals surface area contributed by atoms with Gasteiger partial charge in [-0.3, -0.25) is 9.59 Å². The molecule has 1 heterocycles. The summed E-state index contributed by atoms with van der Waals surface area (Å²) in [5, 5.41) is 11.3. The molecule has 0 saturated carbocycles. The molecule has 31 heavy (non-hydrogen) atoms. The Kier molecular flexibility index (Phi) is 6.97. The number of nitrogens with zero attached hydrogens (tertiary/aromatic N) is 2. The highest BCUT2D eigenvalue weighted by molar-refractivity contribution is 6.46. The Morgan fingerprint density at radius 2 is 1.87 bits per heavy atom. The number of hydrogen-bond donors (Lipinski definition) is 1. The molecule has 0 radical (unpaired) electrons. The van der Waals surface area contributed by atoms with Crippen molar-refractivity contribution in [1.82, 2.24) is 9.80 Å². The van der Waals surface area contributed by atoms with Crippen LogP contribution in [0.15, 0.2) is 48.0 Å². The number of rotatable bonds is 7. The van der Waals surface area contributed by atoms with Gasteiger partial charge in [0.05, 0.1) is 23.2 Å². The molecule has 0 aliphatic carbocycles. The average Bonchev–Trinajstić information content (AvgIpc) is 2.98. The number of Topliss-reactive ketones (excluding diaryl/α,β-unsaturated/α-hetero) is 1. The highest BCUT2D eigenvalue weighted by Crippen LogP contribution is 2.40. The largest absolute Gasteiger partial charge is 0.507 e. The van der Waals surface area contributed by atoms with E-state index in [1.54, 1.807) is 12.1 Å². The van der Waals surface area contributed by atoms with E-state index in [0.29, 0.717) is 24.5 Å². The molecule has 2 aromatic carbocycles. The van der Waals surface area contributed by atoms with Crippen LogP contribution in [0.4, 0.5) is 4.39 Å². The second kappa shape index (κ2) is 9.49. The summed E-state index contributed by atoms with van der Waals surface area (Å²) in [6.07, 6.45) is 0. The lowest BCUT2D eigenvalue weighted by Gasteiger charge is -2.26. The smallest absolute Gasteiger partial charge is 0.295 e. The number of aliphatic hydroxyl groups is 1. The second-order valence-corrected chi connectivity index (χ2v) is 7.83. The minimum Gasteiger partial charge on any atom is -0.507 e. The highest BCUT2D eigenvalue weighted by atomic mass is 35.5. The van der Waals surface area contributed by atoms with E-state index >= 15 is 0 Å². The van der Waals surface area contributed by atoms with Crippen molar-refractivity contribution in [3.8, 4) is 5.75 Å². The third-order valence-corrected chi connectivity index (χ3v) is 5.31. The van der Waals surface area contributed by atoms with Crippen molar-refractivity contribution in [3.05, 3.63) is 70.0 Å². The molecule has 6 nitrogen and oxygen atoms in total. The zero-order valence-corrected chi connectivity index (χ0v) is 18.3. The molecule has 164 valence electrons. The Morgan fingerprint density at radius 3 is 2.45 bits per heavy atom. The Hall–Kier alpha value is -2.90. The first kappa shape index (κ1) is 22.8. The van der Waals surface area contributed by atoms with Gasteiger partial charge in [-0.2, -0.15) is 0 Å². The fraction of sp³-hybridized carbons (Fsp3) is 0.304. The van der Waals surface area contributed by atoms with Gasteiger partial charge in [-0.25, -0.2) is 4.39 Å². The molecule has 1 N–H and O–H groups in total. The number of ketones is 1. The number of amides is 1. The van der Waals surface area contributed by atoms with E-state index in [1.165, 1.54) is 35.2 Å². The Bertz CT molecular complexity index is 1020. The predicted octanol–water partition coefficient (Wildman–Crippen LogP) is 3.86. The predicted molar refractivity (Wildman–Crippen MR) is 117 cm³/mol. The van der Waals surface area contributed by atoms with Gasteiger partial charge in [0.15, 0.2) is 0 Å². The SMILES string of the molecule is CCOc1ccc(C(O)=C2C(=O)C(=O)N(CCN(C)C)[C@H]2c2ccc(F)cc2)cc1Cl. The molecular weight excluding hydrogens is 423 g/mol. The number of hydrogen-bond acceptors (Lipinski definition) is 5. The standard InChI is InChI=1S/C23H24ClFN2O4/c1-4-31-18-10-7-15(13-17(18)24)21(28)19-20(14-5-8-16(25)9-6-14)27(12-11-26(2)3)23(30)22(19)29/h5-10,13,20,28H,4,11-12H2,1-3H3/t20-/m0/s1. The molecule has 1 fully saturated rings. The summed E-state index contributed by atoms with van der Waals surface area (Å²) in [5.41, 5.74) is 0.750. The van der Waals surface area contributed by atoms with E-state index in [2.05, 4.69) is 0 Å². The average molecular weight is 447 g/mol. The van der Waals surface area contributed by atoms with Crippen molar-refractivity contribution < 1.29 is 23.8 Å². The number of aliphatic hydroxyl groups excluding tert-OH is 1. The second-order valence-electron chi connectivity index (χ2n) is 7.43. The van der Waals surface area contributed by atoms with Gasteiger partial charge in [0, 0.05) is 18.7 Å². The summed E-state index contributed by atoms with van der Waals surface area (Å²) in [7, 11) is 3.71. The molecule has 2 aromatic rings. The van der Waals surface area contributed by atoms with Crippen molar-refractivity contribution in [2.45, 2.75) is 13.0 Å². The zero-order valence-electron chi connectivity index (χ0n) is 17.6. The minimum atomic E-state index is -0.842. The van der Waals surface area contributed by atoms with Gasteiger partial charge in [-0.1, -0.05) is 23.7 Å². The molecule has 1 aliphatic heterocycles. The highest BCUT2D eigenvalue weighted by Gasteiger charge is 2.45. The van der Waals surface area contributed by atoms with Crippen molar-refractivity contribution in [1.29, 1.82) is 0 Å². The first-order valence-corrected chi connectivity index (χ1v) is 10.2. The monoisotopic (exact) mass is 446 g/mol. The van der Waals surface area contributed by atoms with Gasteiger partial charge in [-0.15, -0.1) is 0 Å². The van der Waals surface area contributed by atoms with Gasteiger partial charge in [0.2, 0.25) is 0 Å². The number of ether oxygens (including phenoxy) is 1. The number of carbonyl (C=O) groups excluding carboxylic acids is 2. The van der Waals surface area contributed by atoms with Crippen molar-refractivity contribution in [2.75, 3.05) is 33.8 Å². The van der Waals surface area contributed by atoms with Gasteiger partial charge < -0.3 is 19.6 Å². The van der Waals surface area contributed by atoms with Crippen LogP contribution >= 0.6 is 11.6 Å². The number of halogens is 2. The summed E-state index contributed by atoms with van der Waals surface area (Å²) in [4.78, 5) is 29.0. The van der Waals surface area contributed by atoms with E-state index in [-0.39, 0.29) is 28.5 Å². The fourth-order valence-corrected chi connectivity index (χ4v) is 3.72. The molecule has 1 atom stereocenters. The Labute approximate surface area is 185 Å². The Morgan fingerprint density at radius 1 is 1.19 bits per heavy atom. The van der Waals surface area contributed by atoms with Gasteiger partial charge in [0.25, 0.3) is 11.7 Å². The van der Waals surface area contributed by atoms with Crippen LogP contribution in [0.1, 0.15) is 24.1 Å². The van der Waals surface area contributed by atoms with E-state index in [1.807, 2.05) is 25.9 Å². The maximum absolute atomic E-state index is 13.5. The molecule has 3 rings (SSSR count). The quantitative estimate of drug-likeness (QED) is 0.397. The van der Waals surface area contributed by atoms with Crippen LogP contribution in [0.5, 0.6) is 5.75 Å². The van der Waals surface area contributed by atoms with E-state index < -0.39 is 23.5 Å². The molecule has 0 unspecified atom stereocenters. The molecular formula is C23H24ClFN2O4. The van der Waals surface area contributed by atoms with E-state index in [4.69, 9.17) is 16.3 Å². The lowest BCUT2D eigenvalue weighted by molar-refractivity contribution is -0.140. The first-order valence-electron chi connectivity index (χ1n) is 9.86. The lowest BCUT2D eigenvalue weighted by Crippen LogP contribution is -2.35. The molecule has 1 aliphatic rings. The topological polar surface area (TPSA) is 70.1 Å². The lowest BCUT2D eigenvalue weighted by atomic mass is 9.95. The zero-order chi connectivity index (χ0) is 22.7. The van der Waals surface area contributed by atoms with Crippen LogP contribution in [0.25, 0.3) is 5.76 Å². The van der Waals surface area contributed by atoms with E-state index in [9.17, 15) is 19.1 Å². The third-order valence-electron chi connectivity index (χ3n) is 5.02. The molecule has 1 saturated heterocycles. The van der Waals surface area contributed by atoms with Crippen LogP contribution in [-0.4, -0.2) is 60.4 Å². The molecule has 0 aromatic heterocycles.